The summed E-state index contributed by atoms with van der Waals surface area (Å²) in [4.78, 5) is 25.3. The minimum absolute atomic E-state index is 0.00484. The molecule has 0 aromatic heterocycles. The Hall–Kier alpha value is -1.58. The van der Waals surface area contributed by atoms with Gasteiger partial charge in [-0.05, 0) is 11.6 Å². The van der Waals surface area contributed by atoms with Crippen LogP contribution in [0.25, 0.3) is 0 Å². The minimum atomic E-state index is -3.56. The Balaban J connectivity index is 1.95. The third kappa shape index (κ3) is 4.49. The van der Waals surface area contributed by atoms with E-state index in [4.69, 9.17) is 0 Å². The van der Waals surface area contributed by atoms with Gasteiger partial charge in [-0.25, -0.2) is 12.7 Å². The summed E-state index contributed by atoms with van der Waals surface area (Å²) in [5.41, 5.74) is 0.535. The predicted octanol–water partition coefficient (Wildman–Crippen LogP) is 1.11. The fourth-order valence-electron chi connectivity index (χ4n) is 2.25. The monoisotopic (exact) mass is 371 g/mol. The molecule has 0 bridgehead atoms. The molecule has 1 N–H and O–H groups in total. The average Bonchev–Trinajstić information content (AvgIpc) is 2.96. The lowest BCUT2D eigenvalue weighted by Crippen LogP contribution is -2.31. The molecular weight excluding hydrogens is 350 g/mol. The van der Waals surface area contributed by atoms with Gasteiger partial charge in [-0.15, -0.1) is 0 Å². The van der Waals surface area contributed by atoms with Gasteiger partial charge in [0.1, 0.15) is 0 Å². The quantitative estimate of drug-likeness (QED) is 0.776. The van der Waals surface area contributed by atoms with Crippen LogP contribution in [-0.2, 0) is 21.4 Å². The number of sulfonamides is 1. The summed E-state index contributed by atoms with van der Waals surface area (Å²) in [7, 11) is -0.626. The Morgan fingerprint density at radius 3 is 2.67 bits per heavy atom. The number of thioether (sulfide) groups is 1. The largest absolute Gasteiger partial charge is 0.352 e. The number of benzene rings is 1. The summed E-state index contributed by atoms with van der Waals surface area (Å²) >= 11 is 1.26. The van der Waals surface area contributed by atoms with Crippen molar-refractivity contribution in [3.8, 4) is 0 Å². The summed E-state index contributed by atoms with van der Waals surface area (Å²) in [5.74, 6) is 0.549. The molecule has 1 aromatic rings. The van der Waals surface area contributed by atoms with E-state index in [0.717, 1.165) is 10.1 Å². The van der Waals surface area contributed by atoms with Gasteiger partial charge in [0.25, 0.3) is 5.24 Å². The lowest BCUT2D eigenvalue weighted by atomic mass is 10.2. The summed E-state index contributed by atoms with van der Waals surface area (Å²) < 4.78 is 25.7. The van der Waals surface area contributed by atoms with E-state index in [2.05, 4.69) is 5.32 Å². The SMILES string of the molecule is CN(C)S(=O)(=O)c1ccccc1CNC(=O)CCN1CCSC1=O. The highest BCUT2D eigenvalue weighted by Gasteiger charge is 2.22. The van der Waals surface area contributed by atoms with Gasteiger partial charge >= 0.3 is 0 Å². The third-order valence-electron chi connectivity index (χ3n) is 3.66. The molecule has 1 aliphatic rings. The third-order valence-corrected chi connectivity index (χ3v) is 6.47. The molecule has 2 amide bonds. The Kier molecular flexibility index (Phi) is 6.25. The van der Waals surface area contributed by atoms with E-state index in [1.165, 1.54) is 31.9 Å². The van der Waals surface area contributed by atoms with Crippen LogP contribution < -0.4 is 5.32 Å². The van der Waals surface area contributed by atoms with Crippen LogP contribution in [0, 0.1) is 0 Å². The molecule has 0 radical (unpaired) electrons. The van der Waals surface area contributed by atoms with Crippen LogP contribution in [0.5, 0.6) is 0 Å². The predicted molar refractivity (Wildman–Crippen MR) is 93.2 cm³/mol. The van der Waals surface area contributed by atoms with Crippen LogP contribution >= 0.6 is 11.8 Å². The maximum absolute atomic E-state index is 12.3. The maximum atomic E-state index is 12.3. The van der Waals surface area contributed by atoms with Crippen LogP contribution in [0.15, 0.2) is 29.2 Å². The zero-order valence-electron chi connectivity index (χ0n) is 13.7. The van der Waals surface area contributed by atoms with Crippen molar-refractivity contribution < 1.29 is 18.0 Å². The van der Waals surface area contributed by atoms with Gasteiger partial charge in [-0.3, -0.25) is 9.59 Å². The Morgan fingerprint density at radius 2 is 2.04 bits per heavy atom. The van der Waals surface area contributed by atoms with E-state index in [9.17, 15) is 18.0 Å². The van der Waals surface area contributed by atoms with Crippen molar-refractivity contribution in [3.63, 3.8) is 0 Å². The highest BCUT2D eigenvalue weighted by molar-refractivity contribution is 8.13. The molecule has 1 aliphatic heterocycles. The lowest BCUT2D eigenvalue weighted by Gasteiger charge is -2.16. The molecule has 2 rings (SSSR count). The summed E-state index contributed by atoms with van der Waals surface area (Å²) in [5, 5.41) is 2.73. The highest BCUT2D eigenvalue weighted by Crippen LogP contribution is 2.19. The molecule has 7 nitrogen and oxygen atoms in total. The zero-order chi connectivity index (χ0) is 17.7. The molecule has 132 valence electrons. The Morgan fingerprint density at radius 1 is 1.33 bits per heavy atom. The van der Waals surface area contributed by atoms with Crippen molar-refractivity contribution in [1.82, 2.24) is 14.5 Å². The van der Waals surface area contributed by atoms with Gasteiger partial charge in [0.05, 0.1) is 4.90 Å². The summed E-state index contributed by atoms with van der Waals surface area (Å²) in [6.07, 6.45) is 0.203. The number of hydrogen-bond acceptors (Lipinski definition) is 5. The van der Waals surface area contributed by atoms with Gasteiger partial charge < -0.3 is 10.2 Å². The molecule has 24 heavy (non-hydrogen) atoms. The molecule has 0 spiro atoms. The van der Waals surface area contributed by atoms with Gasteiger partial charge in [0, 0.05) is 45.9 Å². The standard InChI is InChI=1S/C15H21N3O4S2/c1-17(2)24(21,22)13-6-4-3-5-12(13)11-16-14(19)7-8-18-9-10-23-15(18)20/h3-6H,7-11H2,1-2H3,(H,16,19). The summed E-state index contributed by atoms with van der Waals surface area (Å²) in [6, 6.07) is 6.59. The van der Waals surface area contributed by atoms with Gasteiger partial charge in [-0.1, -0.05) is 30.0 Å². The van der Waals surface area contributed by atoms with Crippen molar-refractivity contribution in [2.24, 2.45) is 0 Å². The van der Waals surface area contributed by atoms with Crippen LogP contribution in [0.3, 0.4) is 0 Å². The van der Waals surface area contributed by atoms with E-state index in [-0.39, 0.29) is 29.0 Å². The number of amides is 2. The number of carbonyl (C=O) groups excluding carboxylic acids is 2. The molecule has 0 atom stereocenters. The molecular formula is C15H21N3O4S2. The van der Waals surface area contributed by atoms with E-state index in [0.29, 0.717) is 18.7 Å². The van der Waals surface area contributed by atoms with Gasteiger partial charge in [0.15, 0.2) is 0 Å². The second-order valence-corrected chi connectivity index (χ2v) is 8.69. The van der Waals surface area contributed by atoms with E-state index >= 15 is 0 Å². The van der Waals surface area contributed by atoms with Crippen molar-refractivity contribution in [3.05, 3.63) is 29.8 Å². The number of nitrogens with one attached hydrogen (secondary N) is 1. The fourth-order valence-corrected chi connectivity index (χ4v) is 4.21. The van der Waals surface area contributed by atoms with E-state index < -0.39 is 10.0 Å². The first kappa shape index (κ1) is 18.8. The average molecular weight is 371 g/mol. The molecule has 1 heterocycles. The first-order chi connectivity index (χ1) is 11.3. The lowest BCUT2D eigenvalue weighted by molar-refractivity contribution is -0.121. The second-order valence-electron chi connectivity index (χ2n) is 5.52. The molecule has 1 aromatic carbocycles. The Bertz CT molecular complexity index is 719. The maximum Gasteiger partial charge on any atom is 0.281 e. The normalized spacial score (nSPS) is 15.1. The topological polar surface area (TPSA) is 86.8 Å². The van der Waals surface area contributed by atoms with Crippen LogP contribution in [0.1, 0.15) is 12.0 Å². The number of rotatable bonds is 7. The number of hydrogen-bond donors (Lipinski definition) is 1. The number of nitrogens with zero attached hydrogens (tertiary/aromatic N) is 2. The molecule has 0 unspecified atom stereocenters. The van der Waals surface area contributed by atoms with Crippen LogP contribution in [0.2, 0.25) is 0 Å². The van der Waals surface area contributed by atoms with Crippen LogP contribution in [0.4, 0.5) is 4.79 Å². The first-order valence-corrected chi connectivity index (χ1v) is 9.94. The molecule has 1 saturated heterocycles. The van der Waals surface area contributed by atoms with Crippen molar-refractivity contribution in [1.29, 1.82) is 0 Å². The highest BCUT2D eigenvalue weighted by atomic mass is 32.2. The van der Waals surface area contributed by atoms with E-state index in [1.807, 2.05) is 0 Å². The molecule has 0 saturated carbocycles. The van der Waals surface area contributed by atoms with Gasteiger partial charge in [-0.2, -0.15) is 0 Å². The van der Waals surface area contributed by atoms with Crippen LogP contribution in [-0.4, -0.2) is 61.7 Å². The van der Waals surface area contributed by atoms with Gasteiger partial charge in [0.2, 0.25) is 15.9 Å². The molecule has 0 aliphatic carbocycles. The van der Waals surface area contributed by atoms with Crippen molar-refractivity contribution >= 4 is 32.9 Å². The fraction of sp³-hybridized carbons (Fsp3) is 0.467. The molecule has 1 fully saturated rings. The second kappa shape index (κ2) is 8.00. The van der Waals surface area contributed by atoms with Crippen molar-refractivity contribution in [2.75, 3.05) is 32.9 Å². The smallest absolute Gasteiger partial charge is 0.281 e. The van der Waals surface area contributed by atoms with E-state index in [1.54, 1.807) is 23.1 Å². The minimum Gasteiger partial charge on any atom is -0.352 e. The zero-order valence-corrected chi connectivity index (χ0v) is 15.3. The molecule has 9 heteroatoms. The Labute approximate surface area is 146 Å². The van der Waals surface area contributed by atoms with Crippen molar-refractivity contribution in [2.45, 2.75) is 17.9 Å². The number of carbonyl (C=O) groups is 2. The first-order valence-electron chi connectivity index (χ1n) is 7.51. The summed E-state index contributed by atoms with van der Waals surface area (Å²) in [6.45, 7) is 1.18.